The first-order chi connectivity index (χ1) is 17.3. The van der Waals surface area contributed by atoms with Gasteiger partial charge in [0.1, 0.15) is 18.2 Å². The molecule has 0 spiro atoms. The molecule has 2 nitrogen and oxygen atoms in total. The van der Waals surface area contributed by atoms with Crippen LogP contribution in [0.5, 0.6) is 0 Å². The molecule has 0 fully saturated rings. The lowest BCUT2D eigenvalue weighted by atomic mass is 9.79. The molecule has 0 N–H and O–H groups in total. The lowest BCUT2D eigenvalue weighted by molar-refractivity contribution is -0.659. The maximum absolute atomic E-state index is 6.58. The number of rotatable bonds is 1. The number of aromatic nitrogens is 1. The van der Waals surface area contributed by atoms with Crippen LogP contribution in [0.4, 0.5) is 0 Å². The molecular formula is C34H30NO+. The average molecular weight is 469 g/mol. The number of fused-ring (bicyclic) bond motifs is 8. The van der Waals surface area contributed by atoms with Crippen molar-refractivity contribution < 1.29 is 8.98 Å². The van der Waals surface area contributed by atoms with Crippen LogP contribution in [0, 0.1) is 20.8 Å². The highest BCUT2D eigenvalue weighted by atomic mass is 16.3. The zero-order valence-corrected chi connectivity index (χ0v) is 21.8. The Morgan fingerprint density at radius 3 is 2.33 bits per heavy atom. The van der Waals surface area contributed by atoms with Crippen molar-refractivity contribution in [2.75, 3.05) is 0 Å². The topological polar surface area (TPSA) is 17.0 Å². The Hall–Kier alpha value is -3.91. The summed E-state index contributed by atoms with van der Waals surface area (Å²) in [5.41, 5.74) is 13.7. The highest BCUT2D eigenvalue weighted by molar-refractivity contribution is 6.13. The van der Waals surface area contributed by atoms with Gasteiger partial charge in [-0.05, 0) is 72.4 Å². The SMILES string of the molecule is Cc1cc2c(oc3ccccc32)c(-c2c3ccc4c(c3c(C)c[n+]2C)C(C)(C)c2ccccc2-4)c1C. The van der Waals surface area contributed by atoms with Crippen molar-refractivity contribution in [3.05, 3.63) is 101 Å². The van der Waals surface area contributed by atoms with Crippen LogP contribution in [0.15, 0.2) is 77.3 Å². The fraction of sp³-hybridized carbons (Fsp3) is 0.206. The van der Waals surface area contributed by atoms with Crippen molar-refractivity contribution in [3.63, 3.8) is 0 Å². The Bertz CT molecular complexity index is 1900. The number of nitrogens with zero attached hydrogens (tertiary/aromatic N) is 1. The molecule has 4 aromatic carbocycles. The number of hydrogen-bond acceptors (Lipinski definition) is 1. The Balaban J connectivity index is 1.66. The molecule has 36 heavy (non-hydrogen) atoms. The normalized spacial score (nSPS) is 14.1. The second-order valence-electron chi connectivity index (χ2n) is 11.0. The van der Waals surface area contributed by atoms with Gasteiger partial charge in [-0.3, -0.25) is 0 Å². The molecule has 0 saturated heterocycles. The number of aryl methyl sites for hydroxylation is 3. The summed E-state index contributed by atoms with van der Waals surface area (Å²) in [5, 5.41) is 5.01. The van der Waals surface area contributed by atoms with E-state index in [0.717, 1.165) is 11.2 Å². The number of pyridine rings is 1. The summed E-state index contributed by atoms with van der Waals surface area (Å²) in [5.74, 6) is 0. The minimum atomic E-state index is -0.0658. The van der Waals surface area contributed by atoms with Crippen molar-refractivity contribution >= 4 is 32.7 Å². The first-order valence-corrected chi connectivity index (χ1v) is 12.8. The van der Waals surface area contributed by atoms with Crippen molar-refractivity contribution in [2.24, 2.45) is 7.05 Å². The fourth-order valence-electron chi connectivity index (χ4n) is 6.77. The van der Waals surface area contributed by atoms with E-state index in [1.165, 1.54) is 71.7 Å². The summed E-state index contributed by atoms with van der Waals surface area (Å²) < 4.78 is 8.88. The molecular weight excluding hydrogens is 438 g/mol. The second-order valence-corrected chi connectivity index (χ2v) is 11.0. The van der Waals surface area contributed by atoms with Crippen LogP contribution < -0.4 is 4.57 Å². The molecule has 0 aliphatic heterocycles. The van der Waals surface area contributed by atoms with Crippen molar-refractivity contribution in [1.82, 2.24) is 0 Å². The van der Waals surface area contributed by atoms with Crippen LogP contribution in [0.25, 0.3) is 55.1 Å². The van der Waals surface area contributed by atoms with E-state index < -0.39 is 0 Å². The van der Waals surface area contributed by atoms with E-state index in [2.05, 4.69) is 119 Å². The van der Waals surface area contributed by atoms with Crippen molar-refractivity contribution in [2.45, 2.75) is 40.0 Å². The summed E-state index contributed by atoms with van der Waals surface area (Å²) in [6.45, 7) is 11.5. The molecule has 0 bridgehead atoms. The molecule has 7 rings (SSSR count). The quantitative estimate of drug-likeness (QED) is 0.221. The molecule has 0 atom stereocenters. The Kier molecular flexibility index (Phi) is 4.20. The maximum atomic E-state index is 6.58. The fourth-order valence-corrected chi connectivity index (χ4v) is 6.77. The number of benzene rings is 4. The molecule has 2 aromatic heterocycles. The van der Waals surface area contributed by atoms with Gasteiger partial charge in [-0.1, -0.05) is 62.4 Å². The molecule has 0 radical (unpaired) electrons. The third kappa shape index (κ3) is 2.59. The molecule has 2 heteroatoms. The molecule has 0 unspecified atom stereocenters. The van der Waals surface area contributed by atoms with Crippen LogP contribution in [-0.2, 0) is 12.5 Å². The monoisotopic (exact) mass is 468 g/mol. The molecule has 176 valence electrons. The van der Waals surface area contributed by atoms with Gasteiger partial charge in [0.15, 0.2) is 6.20 Å². The lowest BCUT2D eigenvalue weighted by Gasteiger charge is -2.24. The number of hydrogen-bond donors (Lipinski definition) is 0. The molecule has 1 aliphatic rings. The van der Waals surface area contributed by atoms with Gasteiger partial charge in [0.2, 0.25) is 5.69 Å². The number of para-hydroxylation sites is 1. The van der Waals surface area contributed by atoms with Gasteiger partial charge in [0.25, 0.3) is 0 Å². The summed E-state index contributed by atoms with van der Waals surface area (Å²) in [4.78, 5) is 0. The van der Waals surface area contributed by atoms with Gasteiger partial charge >= 0.3 is 0 Å². The van der Waals surface area contributed by atoms with Gasteiger partial charge in [0, 0.05) is 27.1 Å². The van der Waals surface area contributed by atoms with Crippen LogP contribution in [0.3, 0.4) is 0 Å². The minimum Gasteiger partial charge on any atom is -0.455 e. The van der Waals surface area contributed by atoms with Crippen LogP contribution in [-0.4, -0.2) is 0 Å². The minimum absolute atomic E-state index is 0.0658. The average Bonchev–Trinajstić information content (AvgIpc) is 3.34. The highest BCUT2D eigenvalue weighted by Gasteiger charge is 2.38. The Morgan fingerprint density at radius 2 is 1.50 bits per heavy atom. The van der Waals surface area contributed by atoms with Crippen LogP contribution in [0.2, 0.25) is 0 Å². The van der Waals surface area contributed by atoms with Gasteiger partial charge in [-0.2, -0.15) is 0 Å². The van der Waals surface area contributed by atoms with Crippen LogP contribution >= 0.6 is 0 Å². The maximum Gasteiger partial charge on any atom is 0.224 e. The van der Waals surface area contributed by atoms with E-state index in [9.17, 15) is 0 Å². The van der Waals surface area contributed by atoms with E-state index in [1.807, 2.05) is 0 Å². The third-order valence-electron chi connectivity index (χ3n) is 8.54. The molecule has 0 amide bonds. The molecule has 2 heterocycles. The zero-order chi connectivity index (χ0) is 24.9. The predicted molar refractivity (Wildman–Crippen MR) is 150 cm³/mol. The first kappa shape index (κ1) is 21.4. The van der Waals surface area contributed by atoms with Crippen molar-refractivity contribution in [3.8, 4) is 22.4 Å². The Labute approximate surface area is 211 Å². The van der Waals surface area contributed by atoms with E-state index in [0.29, 0.717) is 0 Å². The van der Waals surface area contributed by atoms with E-state index in [1.54, 1.807) is 0 Å². The third-order valence-corrected chi connectivity index (χ3v) is 8.54. The van der Waals surface area contributed by atoms with Gasteiger partial charge in [-0.15, -0.1) is 0 Å². The van der Waals surface area contributed by atoms with Gasteiger partial charge in [-0.25, -0.2) is 4.57 Å². The van der Waals surface area contributed by atoms with E-state index >= 15 is 0 Å². The Morgan fingerprint density at radius 1 is 0.750 bits per heavy atom. The molecule has 6 aromatic rings. The predicted octanol–water partition coefficient (Wildman–Crippen LogP) is 8.46. The zero-order valence-electron chi connectivity index (χ0n) is 21.8. The lowest BCUT2D eigenvalue weighted by Crippen LogP contribution is -2.32. The van der Waals surface area contributed by atoms with Crippen molar-refractivity contribution in [1.29, 1.82) is 0 Å². The van der Waals surface area contributed by atoms with Crippen LogP contribution in [0.1, 0.15) is 41.7 Å². The molecule has 0 saturated carbocycles. The number of furan rings is 1. The van der Waals surface area contributed by atoms with Gasteiger partial charge in [0.05, 0.1) is 10.9 Å². The van der Waals surface area contributed by atoms with E-state index in [4.69, 9.17) is 4.42 Å². The summed E-state index contributed by atoms with van der Waals surface area (Å²) in [6, 6.07) is 24.2. The smallest absolute Gasteiger partial charge is 0.224 e. The standard InChI is InChI=1S/C34H30NO/c1-19-17-26-23-12-8-10-14-28(23)36-33(26)30(21(19)3)32-25-16-15-24-22-11-7-9-13-27(22)34(4,5)31(24)29(25)20(2)18-35(32)6/h7-18H,1-6H3/q+1. The highest BCUT2D eigenvalue weighted by Crippen LogP contribution is 2.52. The molecule has 1 aliphatic carbocycles. The first-order valence-electron chi connectivity index (χ1n) is 12.8. The summed E-state index contributed by atoms with van der Waals surface area (Å²) >= 11 is 0. The summed E-state index contributed by atoms with van der Waals surface area (Å²) in [6.07, 6.45) is 2.30. The largest absolute Gasteiger partial charge is 0.455 e. The van der Waals surface area contributed by atoms with Gasteiger partial charge < -0.3 is 4.42 Å². The second kappa shape index (κ2) is 7.07. The summed E-state index contributed by atoms with van der Waals surface area (Å²) in [7, 11) is 2.17. The van der Waals surface area contributed by atoms with E-state index in [-0.39, 0.29) is 5.41 Å².